The molecule has 0 atom stereocenters. The number of imidazole rings is 1. The van der Waals surface area contributed by atoms with Crippen molar-refractivity contribution < 1.29 is 9.53 Å². The number of nitrogens with zero attached hydrogens (tertiary/aromatic N) is 2. The number of carbonyl (C=O) groups excluding carboxylic acids is 1. The number of fused-ring (bicyclic) bond motifs is 2. The lowest BCUT2D eigenvalue weighted by molar-refractivity contribution is -0.122. The fraction of sp³-hybridized carbons (Fsp3) is 0.333. The van der Waals surface area contributed by atoms with Gasteiger partial charge in [-0.15, -0.1) is 0 Å². The summed E-state index contributed by atoms with van der Waals surface area (Å²) >= 11 is 0. The van der Waals surface area contributed by atoms with E-state index in [1.165, 1.54) is 10.8 Å². The van der Waals surface area contributed by atoms with Crippen LogP contribution in [0.5, 0.6) is 5.75 Å². The van der Waals surface area contributed by atoms with Crippen LogP contribution < -0.4 is 10.1 Å². The summed E-state index contributed by atoms with van der Waals surface area (Å²) in [6.45, 7) is 2.23. The van der Waals surface area contributed by atoms with E-state index in [4.69, 9.17) is 9.72 Å². The molecule has 1 heterocycles. The van der Waals surface area contributed by atoms with Crippen LogP contribution in [0.3, 0.4) is 0 Å². The molecular weight excluding hydrogens is 398 g/mol. The van der Waals surface area contributed by atoms with Crippen molar-refractivity contribution in [2.24, 2.45) is 5.92 Å². The van der Waals surface area contributed by atoms with Gasteiger partial charge in [-0.25, -0.2) is 4.98 Å². The summed E-state index contributed by atoms with van der Waals surface area (Å²) in [4.78, 5) is 16.7. The van der Waals surface area contributed by atoms with Gasteiger partial charge in [-0.05, 0) is 60.7 Å². The van der Waals surface area contributed by atoms with Crippen LogP contribution in [0.1, 0.15) is 31.5 Å². The van der Waals surface area contributed by atoms with Crippen molar-refractivity contribution >= 4 is 27.7 Å². The summed E-state index contributed by atoms with van der Waals surface area (Å²) in [5.74, 6) is 2.47. The van der Waals surface area contributed by atoms with Gasteiger partial charge >= 0.3 is 0 Å². The Balaban J connectivity index is 1.18. The zero-order valence-corrected chi connectivity index (χ0v) is 18.3. The number of benzene rings is 3. The van der Waals surface area contributed by atoms with Crippen LogP contribution >= 0.6 is 0 Å². The minimum atomic E-state index is 0.212. The topological polar surface area (TPSA) is 56.2 Å². The Kier molecular flexibility index (Phi) is 6.06. The highest BCUT2D eigenvalue weighted by Crippen LogP contribution is 2.28. The average molecular weight is 428 g/mol. The normalized spacial score (nSPS) is 13.5. The molecule has 0 radical (unpaired) electrons. The van der Waals surface area contributed by atoms with E-state index < -0.39 is 0 Å². The van der Waals surface area contributed by atoms with E-state index in [9.17, 15) is 4.79 Å². The number of amides is 1. The third kappa shape index (κ3) is 4.77. The highest BCUT2D eigenvalue weighted by Gasteiger charge is 2.29. The SMILES string of the molecule is O=C(NCCCc1nc2ccccc2n1CCCOc1ccc2ccccc2c1)C1CC1. The van der Waals surface area contributed by atoms with E-state index in [0.29, 0.717) is 13.2 Å². The average Bonchev–Trinajstić information content (AvgIpc) is 3.62. The molecule has 1 saturated carbocycles. The Morgan fingerprint density at radius 3 is 2.69 bits per heavy atom. The highest BCUT2D eigenvalue weighted by atomic mass is 16.5. The number of nitrogens with one attached hydrogen (secondary N) is 1. The molecule has 1 amide bonds. The number of carbonyl (C=O) groups is 1. The van der Waals surface area contributed by atoms with Crippen molar-refractivity contribution in [1.82, 2.24) is 14.9 Å². The van der Waals surface area contributed by atoms with E-state index in [1.54, 1.807) is 0 Å². The second-order valence-corrected chi connectivity index (χ2v) is 8.55. The molecule has 3 aromatic carbocycles. The fourth-order valence-corrected chi connectivity index (χ4v) is 4.18. The summed E-state index contributed by atoms with van der Waals surface area (Å²) in [6.07, 6.45) is 4.74. The molecule has 5 rings (SSSR count). The summed E-state index contributed by atoms with van der Waals surface area (Å²) in [7, 11) is 0. The van der Waals surface area contributed by atoms with Gasteiger partial charge in [-0.3, -0.25) is 4.79 Å². The van der Waals surface area contributed by atoms with Crippen LogP contribution in [0.4, 0.5) is 0 Å². The Morgan fingerprint density at radius 2 is 1.81 bits per heavy atom. The largest absolute Gasteiger partial charge is 0.494 e. The number of hydrogen-bond donors (Lipinski definition) is 1. The van der Waals surface area contributed by atoms with E-state index in [0.717, 1.165) is 61.3 Å². The Morgan fingerprint density at radius 1 is 1.00 bits per heavy atom. The van der Waals surface area contributed by atoms with Gasteiger partial charge in [0, 0.05) is 25.4 Å². The summed E-state index contributed by atoms with van der Waals surface area (Å²) in [5.41, 5.74) is 2.19. The van der Waals surface area contributed by atoms with Crippen LogP contribution in [0, 0.1) is 5.92 Å². The van der Waals surface area contributed by atoms with Crippen LogP contribution in [0.25, 0.3) is 21.8 Å². The molecule has 4 aromatic rings. The van der Waals surface area contributed by atoms with Gasteiger partial charge in [0.15, 0.2) is 0 Å². The lowest BCUT2D eigenvalue weighted by Gasteiger charge is -2.11. The molecular formula is C27H29N3O2. The summed E-state index contributed by atoms with van der Waals surface area (Å²) in [5, 5.41) is 5.48. The van der Waals surface area contributed by atoms with Crippen molar-refractivity contribution in [2.45, 2.75) is 38.6 Å². The molecule has 1 fully saturated rings. The van der Waals surface area contributed by atoms with Crippen molar-refractivity contribution in [3.8, 4) is 5.75 Å². The number of para-hydroxylation sites is 2. The first kappa shape index (κ1) is 20.6. The molecule has 0 saturated heterocycles. The smallest absolute Gasteiger partial charge is 0.223 e. The quantitative estimate of drug-likeness (QED) is 0.358. The van der Waals surface area contributed by atoms with Crippen LogP contribution in [0.2, 0.25) is 0 Å². The van der Waals surface area contributed by atoms with Gasteiger partial charge in [-0.1, -0.05) is 42.5 Å². The number of aryl methyl sites for hydroxylation is 2. The maximum absolute atomic E-state index is 11.8. The first-order valence-corrected chi connectivity index (χ1v) is 11.6. The molecule has 0 bridgehead atoms. The summed E-state index contributed by atoms with van der Waals surface area (Å²) in [6, 6.07) is 22.9. The maximum Gasteiger partial charge on any atom is 0.223 e. The van der Waals surface area contributed by atoms with Gasteiger partial charge in [0.2, 0.25) is 5.91 Å². The molecule has 0 spiro atoms. The number of hydrogen-bond acceptors (Lipinski definition) is 3. The number of rotatable bonds is 10. The molecule has 5 nitrogen and oxygen atoms in total. The van der Waals surface area contributed by atoms with Crippen molar-refractivity contribution in [3.63, 3.8) is 0 Å². The zero-order valence-electron chi connectivity index (χ0n) is 18.3. The van der Waals surface area contributed by atoms with Gasteiger partial charge in [0.1, 0.15) is 11.6 Å². The highest BCUT2D eigenvalue weighted by molar-refractivity contribution is 5.83. The molecule has 1 N–H and O–H groups in total. The molecule has 32 heavy (non-hydrogen) atoms. The Labute approximate surface area is 188 Å². The molecule has 0 unspecified atom stereocenters. The fourth-order valence-electron chi connectivity index (χ4n) is 4.18. The third-order valence-corrected chi connectivity index (χ3v) is 6.07. The van der Waals surface area contributed by atoms with Gasteiger partial charge in [-0.2, -0.15) is 0 Å². The Bertz CT molecular complexity index is 1230. The Hall–Kier alpha value is -3.34. The predicted molar refractivity (Wildman–Crippen MR) is 128 cm³/mol. The van der Waals surface area contributed by atoms with E-state index in [2.05, 4.69) is 64.5 Å². The molecule has 1 aromatic heterocycles. The second-order valence-electron chi connectivity index (χ2n) is 8.55. The van der Waals surface area contributed by atoms with Crippen LogP contribution in [-0.4, -0.2) is 28.6 Å². The number of ether oxygens (including phenoxy) is 1. The number of aromatic nitrogens is 2. The first-order valence-electron chi connectivity index (χ1n) is 11.6. The third-order valence-electron chi connectivity index (χ3n) is 6.07. The van der Waals surface area contributed by atoms with E-state index >= 15 is 0 Å². The van der Waals surface area contributed by atoms with Crippen molar-refractivity contribution in [2.75, 3.05) is 13.2 Å². The van der Waals surface area contributed by atoms with E-state index in [1.807, 2.05) is 12.1 Å². The predicted octanol–water partition coefficient (Wildman–Crippen LogP) is 5.12. The maximum atomic E-state index is 11.8. The second kappa shape index (κ2) is 9.43. The monoisotopic (exact) mass is 427 g/mol. The first-order chi connectivity index (χ1) is 15.8. The minimum absolute atomic E-state index is 0.212. The standard InChI is InChI=1S/C27H29N3O2/c31-27(21-12-13-21)28-16-5-11-26-29-24-9-3-4-10-25(24)30(26)17-6-18-32-23-15-14-20-7-1-2-8-22(20)19-23/h1-4,7-10,14-15,19,21H,5-6,11-13,16-18H2,(H,28,31). The molecule has 5 heteroatoms. The lowest BCUT2D eigenvalue weighted by Crippen LogP contribution is -2.26. The molecule has 1 aliphatic carbocycles. The van der Waals surface area contributed by atoms with Gasteiger partial charge < -0.3 is 14.6 Å². The van der Waals surface area contributed by atoms with Crippen LogP contribution in [0.15, 0.2) is 66.7 Å². The van der Waals surface area contributed by atoms with Crippen molar-refractivity contribution in [3.05, 3.63) is 72.6 Å². The summed E-state index contributed by atoms with van der Waals surface area (Å²) < 4.78 is 8.34. The van der Waals surface area contributed by atoms with Gasteiger partial charge in [0.05, 0.1) is 17.6 Å². The molecule has 164 valence electrons. The molecule has 1 aliphatic rings. The van der Waals surface area contributed by atoms with Gasteiger partial charge in [0.25, 0.3) is 0 Å². The van der Waals surface area contributed by atoms with Crippen LogP contribution in [-0.2, 0) is 17.8 Å². The molecule has 0 aliphatic heterocycles. The van der Waals surface area contributed by atoms with E-state index in [-0.39, 0.29) is 11.8 Å². The lowest BCUT2D eigenvalue weighted by atomic mass is 10.1. The minimum Gasteiger partial charge on any atom is -0.494 e. The zero-order chi connectivity index (χ0) is 21.8. The van der Waals surface area contributed by atoms with Crippen molar-refractivity contribution in [1.29, 1.82) is 0 Å².